The molecule has 3 heteroatoms. The van der Waals surface area contributed by atoms with Crippen molar-refractivity contribution < 1.29 is 4.79 Å². The van der Waals surface area contributed by atoms with E-state index in [2.05, 4.69) is 4.98 Å². The van der Waals surface area contributed by atoms with Gasteiger partial charge in [-0.1, -0.05) is 35.9 Å². The normalized spacial score (nSPS) is 10.8. The van der Waals surface area contributed by atoms with Crippen LogP contribution in [0.3, 0.4) is 0 Å². The van der Waals surface area contributed by atoms with Gasteiger partial charge in [0, 0.05) is 11.8 Å². The summed E-state index contributed by atoms with van der Waals surface area (Å²) in [7, 11) is 0. The largest absolute Gasteiger partial charge is 0.297 e. The first-order valence-corrected chi connectivity index (χ1v) is 6.20. The zero-order chi connectivity index (χ0) is 13.4. The van der Waals surface area contributed by atoms with Gasteiger partial charge in [-0.05, 0) is 25.5 Å². The van der Waals surface area contributed by atoms with Gasteiger partial charge in [0.25, 0.3) is 0 Å². The quantitative estimate of drug-likeness (QED) is 0.653. The smallest absolute Gasteiger partial charge is 0.169 e. The van der Waals surface area contributed by atoms with E-state index in [1.165, 1.54) is 5.56 Å². The Labute approximate surface area is 111 Å². The molecule has 0 aliphatic rings. The maximum atomic E-state index is 11.4. The number of benzene rings is 1. The van der Waals surface area contributed by atoms with Gasteiger partial charge in [-0.3, -0.25) is 9.20 Å². The molecular weight excluding hydrogens is 236 g/mol. The first-order chi connectivity index (χ1) is 9.20. The van der Waals surface area contributed by atoms with Gasteiger partial charge in [-0.15, -0.1) is 0 Å². The van der Waals surface area contributed by atoms with Gasteiger partial charge < -0.3 is 0 Å². The summed E-state index contributed by atoms with van der Waals surface area (Å²) in [5.74, 6) is 0. The Morgan fingerprint density at radius 2 is 1.84 bits per heavy atom. The van der Waals surface area contributed by atoms with E-state index in [-0.39, 0.29) is 0 Å². The molecule has 0 aliphatic carbocycles. The lowest BCUT2D eigenvalue weighted by molar-refractivity contribution is 0.111. The molecule has 0 atom stereocenters. The molecule has 0 aliphatic heterocycles. The van der Waals surface area contributed by atoms with Crippen LogP contribution in [0.5, 0.6) is 0 Å². The number of aldehydes is 1. The second kappa shape index (κ2) is 4.35. The van der Waals surface area contributed by atoms with Crippen molar-refractivity contribution in [3.8, 4) is 11.3 Å². The van der Waals surface area contributed by atoms with Gasteiger partial charge >= 0.3 is 0 Å². The van der Waals surface area contributed by atoms with Crippen molar-refractivity contribution in [1.29, 1.82) is 0 Å². The van der Waals surface area contributed by atoms with Crippen LogP contribution >= 0.6 is 0 Å². The number of rotatable bonds is 2. The van der Waals surface area contributed by atoms with Crippen LogP contribution in [0.25, 0.3) is 16.9 Å². The minimum atomic E-state index is 0.600. The number of imidazole rings is 1. The van der Waals surface area contributed by atoms with Gasteiger partial charge in [-0.25, -0.2) is 4.98 Å². The van der Waals surface area contributed by atoms with Crippen molar-refractivity contribution in [3.05, 3.63) is 59.4 Å². The monoisotopic (exact) mass is 250 g/mol. The van der Waals surface area contributed by atoms with Crippen molar-refractivity contribution in [1.82, 2.24) is 9.38 Å². The number of hydrogen-bond donors (Lipinski definition) is 0. The molecule has 3 aromatic rings. The van der Waals surface area contributed by atoms with Crippen LogP contribution in [-0.2, 0) is 0 Å². The number of hydrogen-bond acceptors (Lipinski definition) is 2. The average Bonchev–Trinajstić information content (AvgIpc) is 2.79. The summed E-state index contributed by atoms with van der Waals surface area (Å²) in [4.78, 5) is 16.0. The van der Waals surface area contributed by atoms with Crippen LogP contribution in [0, 0.1) is 13.8 Å². The molecule has 0 saturated heterocycles. The molecule has 0 spiro atoms. The fourth-order valence-electron chi connectivity index (χ4n) is 2.26. The van der Waals surface area contributed by atoms with Crippen molar-refractivity contribution in [2.45, 2.75) is 13.8 Å². The predicted molar refractivity (Wildman–Crippen MR) is 75.5 cm³/mol. The van der Waals surface area contributed by atoms with Crippen molar-refractivity contribution >= 4 is 11.9 Å². The third-order valence-corrected chi connectivity index (χ3v) is 3.32. The first-order valence-electron chi connectivity index (χ1n) is 6.20. The van der Waals surface area contributed by atoms with Crippen LogP contribution in [0.2, 0.25) is 0 Å². The van der Waals surface area contributed by atoms with E-state index in [9.17, 15) is 4.79 Å². The minimum absolute atomic E-state index is 0.600. The van der Waals surface area contributed by atoms with E-state index in [4.69, 9.17) is 0 Å². The highest BCUT2D eigenvalue weighted by atomic mass is 16.1. The van der Waals surface area contributed by atoms with E-state index in [0.717, 1.165) is 28.8 Å². The number of carbonyl (C=O) groups is 1. The maximum Gasteiger partial charge on any atom is 0.169 e. The Morgan fingerprint density at radius 1 is 1.11 bits per heavy atom. The number of fused-ring (bicyclic) bond motifs is 1. The zero-order valence-electron chi connectivity index (χ0n) is 10.9. The Kier molecular flexibility index (Phi) is 2.67. The maximum absolute atomic E-state index is 11.4. The summed E-state index contributed by atoms with van der Waals surface area (Å²) < 4.78 is 1.84. The molecular formula is C16H14N2O. The van der Waals surface area contributed by atoms with Crippen LogP contribution < -0.4 is 0 Å². The number of carbonyl (C=O) groups excluding carboxylic acids is 1. The van der Waals surface area contributed by atoms with E-state index >= 15 is 0 Å². The first kappa shape index (κ1) is 11.7. The summed E-state index contributed by atoms with van der Waals surface area (Å²) in [6, 6.07) is 12.0. The summed E-state index contributed by atoms with van der Waals surface area (Å²) >= 11 is 0. The zero-order valence-corrected chi connectivity index (χ0v) is 10.9. The number of pyridine rings is 1. The lowest BCUT2D eigenvalue weighted by Crippen LogP contribution is -1.92. The van der Waals surface area contributed by atoms with E-state index in [1.54, 1.807) is 0 Å². The molecule has 2 aromatic heterocycles. The fraction of sp³-hybridized carbons (Fsp3) is 0.125. The third-order valence-electron chi connectivity index (χ3n) is 3.32. The topological polar surface area (TPSA) is 34.4 Å². The average molecular weight is 250 g/mol. The Morgan fingerprint density at radius 3 is 2.53 bits per heavy atom. The summed E-state index contributed by atoms with van der Waals surface area (Å²) in [6.07, 6.45) is 2.74. The van der Waals surface area contributed by atoms with E-state index in [0.29, 0.717) is 5.69 Å². The Hall–Kier alpha value is -2.42. The van der Waals surface area contributed by atoms with Gasteiger partial charge in [-0.2, -0.15) is 0 Å². The molecule has 0 radical (unpaired) electrons. The van der Waals surface area contributed by atoms with Crippen LogP contribution in [0.1, 0.15) is 21.6 Å². The highest BCUT2D eigenvalue weighted by Crippen LogP contribution is 2.24. The van der Waals surface area contributed by atoms with Gasteiger partial charge in [0.2, 0.25) is 0 Å². The van der Waals surface area contributed by atoms with Crippen LogP contribution in [-0.4, -0.2) is 15.7 Å². The van der Waals surface area contributed by atoms with Crippen LogP contribution in [0.15, 0.2) is 42.6 Å². The molecule has 1 aromatic carbocycles. The highest BCUT2D eigenvalue weighted by Gasteiger charge is 2.14. The SMILES string of the molecule is Cc1ccc(-c2nc3c(C)cccn3c2C=O)cc1. The second-order valence-corrected chi connectivity index (χ2v) is 4.71. The van der Waals surface area contributed by atoms with Crippen molar-refractivity contribution in [2.24, 2.45) is 0 Å². The molecule has 94 valence electrons. The standard InChI is InChI=1S/C16H14N2O/c1-11-5-7-13(8-6-11)15-14(10-19)18-9-3-4-12(2)16(18)17-15/h3-10H,1-2H3. The summed E-state index contributed by atoms with van der Waals surface area (Å²) in [5, 5.41) is 0. The number of aromatic nitrogens is 2. The molecule has 0 unspecified atom stereocenters. The van der Waals surface area contributed by atoms with E-state index in [1.807, 2.05) is 60.8 Å². The molecule has 19 heavy (non-hydrogen) atoms. The molecule has 2 heterocycles. The minimum Gasteiger partial charge on any atom is -0.297 e. The molecule has 0 N–H and O–H groups in total. The van der Waals surface area contributed by atoms with Crippen molar-refractivity contribution in [3.63, 3.8) is 0 Å². The lowest BCUT2D eigenvalue weighted by atomic mass is 10.1. The molecule has 0 bridgehead atoms. The second-order valence-electron chi connectivity index (χ2n) is 4.71. The fourth-order valence-corrected chi connectivity index (χ4v) is 2.26. The number of nitrogens with zero attached hydrogens (tertiary/aromatic N) is 2. The van der Waals surface area contributed by atoms with Crippen LogP contribution in [0.4, 0.5) is 0 Å². The molecule has 3 nitrogen and oxygen atoms in total. The number of aryl methyl sites for hydroxylation is 2. The lowest BCUT2D eigenvalue weighted by Gasteiger charge is -1.99. The van der Waals surface area contributed by atoms with Gasteiger partial charge in [0.15, 0.2) is 6.29 Å². The summed E-state index contributed by atoms with van der Waals surface area (Å²) in [5.41, 5.74) is 5.39. The summed E-state index contributed by atoms with van der Waals surface area (Å²) in [6.45, 7) is 4.04. The van der Waals surface area contributed by atoms with Gasteiger partial charge in [0.05, 0.1) is 0 Å². The molecule has 0 saturated carbocycles. The third kappa shape index (κ3) is 1.83. The Balaban J connectivity index is 2.32. The highest BCUT2D eigenvalue weighted by molar-refractivity contribution is 5.86. The van der Waals surface area contributed by atoms with Gasteiger partial charge in [0.1, 0.15) is 17.0 Å². The van der Waals surface area contributed by atoms with Crippen molar-refractivity contribution in [2.75, 3.05) is 0 Å². The molecule has 0 amide bonds. The van der Waals surface area contributed by atoms with E-state index < -0.39 is 0 Å². The molecule has 0 fully saturated rings. The Bertz CT molecular complexity index is 754. The predicted octanol–water partition coefficient (Wildman–Crippen LogP) is 3.43. The molecule has 3 rings (SSSR count).